The van der Waals surface area contributed by atoms with Gasteiger partial charge in [0.1, 0.15) is 0 Å². The Morgan fingerprint density at radius 1 is 0.679 bits per heavy atom. The van der Waals surface area contributed by atoms with Crippen molar-refractivity contribution in [3.63, 3.8) is 0 Å². The first-order valence-electron chi connectivity index (χ1n) is 10.7. The molecule has 0 aromatic carbocycles. The van der Waals surface area contributed by atoms with Gasteiger partial charge in [0.15, 0.2) is 0 Å². The van der Waals surface area contributed by atoms with Gasteiger partial charge in [-0.2, -0.15) is 0 Å². The van der Waals surface area contributed by atoms with Gasteiger partial charge in [0.2, 0.25) is 0 Å². The fraction of sp³-hybridized carbons (Fsp3) is 0.500. The molecule has 0 saturated heterocycles. The Bertz CT molecular complexity index is 533. The molecular formula is C26H40O2. The zero-order valence-electron chi connectivity index (χ0n) is 18.2. The van der Waals surface area contributed by atoms with Crippen LogP contribution in [0.4, 0.5) is 0 Å². The first-order chi connectivity index (χ1) is 13.7. The van der Waals surface area contributed by atoms with Crippen LogP contribution in [-0.4, -0.2) is 12.6 Å². The molecule has 0 radical (unpaired) electrons. The summed E-state index contributed by atoms with van der Waals surface area (Å²) in [5, 5.41) is 0. The number of hydrogen-bond acceptors (Lipinski definition) is 2. The fourth-order valence-electron chi connectivity index (χ4n) is 2.40. The fourth-order valence-corrected chi connectivity index (χ4v) is 2.40. The lowest BCUT2D eigenvalue weighted by Crippen LogP contribution is -2.10. The van der Waals surface area contributed by atoms with Gasteiger partial charge in [-0.05, 0) is 57.3 Å². The summed E-state index contributed by atoms with van der Waals surface area (Å²) < 4.78 is 5.08. The highest BCUT2D eigenvalue weighted by Crippen LogP contribution is 2.10. The van der Waals surface area contributed by atoms with E-state index in [-0.39, 0.29) is 5.97 Å². The summed E-state index contributed by atoms with van der Waals surface area (Å²) in [6.07, 6.45) is 34.6. The van der Waals surface area contributed by atoms with Crippen LogP contribution in [0.3, 0.4) is 0 Å². The quantitative estimate of drug-likeness (QED) is 0.202. The van der Waals surface area contributed by atoms with Gasteiger partial charge in [0, 0.05) is 6.92 Å². The minimum Gasteiger partial charge on any atom is -0.466 e. The molecule has 2 heteroatoms. The van der Waals surface area contributed by atoms with E-state index in [2.05, 4.69) is 86.8 Å². The summed E-state index contributed by atoms with van der Waals surface area (Å²) in [5.74, 6) is 0.231. The number of carbonyl (C=O) groups excluding carboxylic acids is 1. The number of allylic oxidation sites excluding steroid dienone is 12. The third-order valence-corrected chi connectivity index (χ3v) is 4.17. The molecule has 0 N–H and O–H groups in total. The molecular weight excluding hydrogens is 344 g/mol. The second-order valence-electron chi connectivity index (χ2n) is 6.73. The Kier molecular flexibility index (Phi) is 19.6. The molecule has 28 heavy (non-hydrogen) atoms. The molecule has 0 saturated carbocycles. The predicted molar refractivity (Wildman–Crippen MR) is 123 cm³/mol. The molecule has 0 heterocycles. The lowest BCUT2D eigenvalue weighted by Gasteiger charge is -2.11. The lowest BCUT2D eigenvalue weighted by atomic mass is 10.0. The Balaban J connectivity index is 3.68. The highest BCUT2D eigenvalue weighted by molar-refractivity contribution is 5.65. The number of carbonyl (C=O) groups is 1. The topological polar surface area (TPSA) is 26.3 Å². The SMILES string of the molecule is CC/C=C\C/C=C\C/C=C\C/C=C\C/C=C\C/C=C\CC(CC)COC(C)=O. The maximum absolute atomic E-state index is 10.8. The van der Waals surface area contributed by atoms with Crippen LogP contribution in [0.2, 0.25) is 0 Å². The van der Waals surface area contributed by atoms with Crippen LogP contribution in [0.1, 0.15) is 72.1 Å². The standard InChI is InChI=1S/C26H40O2/c1-4-6-7-8-9-10-11-12-13-14-15-16-17-18-19-20-21-22-23-26(5-2)24-28-25(3)27/h6-7,9-10,12-13,15-16,18-19,21-22,26H,4-5,8,11,14,17,20,23-24H2,1-3H3/b7-6-,10-9-,13-12-,16-15-,19-18-,22-21-. The Hall–Kier alpha value is -2.09. The summed E-state index contributed by atoms with van der Waals surface area (Å²) in [4.78, 5) is 10.8. The maximum atomic E-state index is 10.8. The van der Waals surface area contributed by atoms with Gasteiger partial charge in [-0.15, -0.1) is 0 Å². The van der Waals surface area contributed by atoms with Crippen LogP contribution in [-0.2, 0) is 9.53 Å². The van der Waals surface area contributed by atoms with Crippen LogP contribution in [0.25, 0.3) is 0 Å². The van der Waals surface area contributed by atoms with E-state index in [0.29, 0.717) is 12.5 Å². The predicted octanol–water partition coefficient (Wildman–Crippen LogP) is 7.66. The van der Waals surface area contributed by atoms with E-state index in [1.807, 2.05) is 0 Å². The first kappa shape index (κ1) is 25.9. The minimum atomic E-state index is -0.193. The zero-order valence-corrected chi connectivity index (χ0v) is 18.2. The molecule has 0 spiro atoms. The van der Waals surface area contributed by atoms with Crippen LogP contribution in [0.5, 0.6) is 0 Å². The van der Waals surface area contributed by atoms with Crippen molar-refractivity contribution in [2.24, 2.45) is 5.92 Å². The minimum absolute atomic E-state index is 0.193. The second-order valence-corrected chi connectivity index (χ2v) is 6.73. The van der Waals surface area contributed by atoms with Crippen molar-refractivity contribution in [1.29, 1.82) is 0 Å². The van der Waals surface area contributed by atoms with Gasteiger partial charge < -0.3 is 4.74 Å². The summed E-state index contributed by atoms with van der Waals surface area (Å²) >= 11 is 0. The normalized spacial score (nSPS) is 14.0. The van der Waals surface area contributed by atoms with Crippen molar-refractivity contribution in [1.82, 2.24) is 0 Å². The average Bonchev–Trinajstić information content (AvgIpc) is 2.69. The Morgan fingerprint density at radius 3 is 1.43 bits per heavy atom. The summed E-state index contributed by atoms with van der Waals surface area (Å²) in [6, 6.07) is 0. The third-order valence-electron chi connectivity index (χ3n) is 4.17. The van der Waals surface area contributed by atoms with E-state index in [9.17, 15) is 4.79 Å². The van der Waals surface area contributed by atoms with E-state index in [1.54, 1.807) is 0 Å². The van der Waals surface area contributed by atoms with Crippen LogP contribution < -0.4 is 0 Å². The second kappa shape index (κ2) is 21.2. The van der Waals surface area contributed by atoms with Crippen molar-refractivity contribution in [3.8, 4) is 0 Å². The lowest BCUT2D eigenvalue weighted by molar-refractivity contribution is -0.142. The van der Waals surface area contributed by atoms with Gasteiger partial charge in [-0.25, -0.2) is 0 Å². The molecule has 0 aliphatic rings. The smallest absolute Gasteiger partial charge is 0.302 e. The van der Waals surface area contributed by atoms with Crippen LogP contribution in [0, 0.1) is 5.92 Å². The van der Waals surface area contributed by atoms with Gasteiger partial charge in [-0.3, -0.25) is 4.79 Å². The van der Waals surface area contributed by atoms with Crippen molar-refractivity contribution < 1.29 is 9.53 Å². The largest absolute Gasteiger partial charge is 0.466 e. The van der Waals surface area contributed by atoms with E-state index in [4.69, 9.17) is 4.74 Å². The molecule has 0 fully saturated rings. The summed E-state index contributed by atoms with van der Waals surface area (Å²) in [7, 11) is 0. The molecule has 0 rings (SSSR count). The maximum Gasteiger partial charge on any atom is 0.302 e. The highest BCUT2D eigenvalue weighted by Gasteiger charge is 2.05. The van der Waals surface area contributed by atoms with E-state index in [0.717, 1.165) is 51.4 Å². The van der Waals surface area contributed by atoms with Crippen LogP contribution in [0.15, 0.2) is 72.9 Å². The number of rotatable bonds is 16. The van der Waals surface area contributed by atoms with Gasteiger partial charge in [0.05, 0.1) is 6.61 Å². The molecule has 0 amide bonds. The average molecular weight is 385 g/mol. The Labute approximate surface area is 173 Å². The Morgan fingerprint density at radius 2 is 1.07 bits per heavy atom. The first-order valence-corrected chi connectivity index (χ1v) is 10.7. The molecule has 0 aliphatic carbocycles. The van der Waals surface area contributed by atoms with Crippen molar-refractivity contribution in [3.05, 3.63) is 72.9 Å². The number of hydrogen-bond donors (Lipinski definition) is 0. The summed E-state index contributed by atoms with van der Waals surface area (Å²) in [6.45, 7) is 6.27. The van der Waals surface area contributed by atoms with Crippen molar-refractivity contribution in [2.75, 3.05) is 6.61 Å². The van der Waals surface area contributed by atoms with E-state index >= 15 is 0 Å². The molecule has 0 aromatic heterocycles. The van der Waals surface area contributed by atoms with Gasteiger partial charge >= 0.3 is 5.97 Å². The van der Waals surface area contributed by atoms with Gasteiger partial charge in [0.25, 0.3) is 0 Å². The number of ether oxygens (including phenoxy) is 1. The van der Waals surface area contributed by atoms with Crippen molar-refractivity contribution >= 4 is 5.97 Å². The molecule has 1 atom stereocenters. The zero-order chi connectivity index (χ0) is 20.7. The highest BCUT2D eigenvalue weighted by atomic mass is 16.5. The molecule has 0 aliphatic heterocycles. The molecule has 0 bridgehead atoms. The van der Waals surface area contributed by atoms with Crippen molar-refractivity contribution in [2.45, 2.75) is 72.1 Å². The van der Waals surface area contributed by atoms with E-state index in [1.165, 1.54) is 6.92 Å². The molecule has 2 nitrogen and oxygen atoms in total. The van der Waals surface area contributed by atoms with Gasteiger partial charge in [-0.1, -0.05) is 86.8 Å². The van der Waals surface area contributed by atoms with Crippen LogP contribution >= 0.6 is 0 Å². The monoisotopic (exact) mass is 384 g/mol. The molecule has 1 unspecified atom stereocenters. The number of esters is 1. The third kappa shape index (κ3) is 20.2. The van der Waals surface area contributed by atoms with E-state index < -0.39 is 0 Å². The molecule has 156 valence electrons. The summed E-state index contributed by atoms with van der Waals surface area (Å²) in [5.41, 5.74) is 0. The molecule has 0 aromatic rings.